The lowest BCUT2D eigenvalue weighted by molar-refractivity contribution is 0.00388. The molecule has 0 radical (unpaired) electrons. The number of likely N-dealkylation sites (tertiary alicyclic amines) is 1. The summed E-state index contributed by atoms with van der Waals surface area (Å²) >= 11 is 1.73. The molecule has 1 aromatic carbocycles. The number of H-pyrrole nitrogens is 1. The molecule has 1 saturated heterocycles. The van der Waals surface area contributed by atoms with E-state index in [0.29, 0.717) is 12.6 Å². The Bertz CT molecular complexity index is 1260. The van der Waals surface area contributed by atoms with Crippen molar-refractivity contribution in [1.29, 1.82) is 0 Å². The van der Waals surface area contributed by atoms with Gasteiger partial charge < -0.3 is 19.3 Å². The molecule has 3 aliphatic rings. The van der Waals surface area contributed by atoms with E-state index < -0.39 is 5.60 Å². The predicted molar refractivity (Wildman–Crippen MR) is 136 cm³/mol. The maximum absolute atomic E-state index is 12.8. The Morgan fingerprint density at radius 1 is 1.31 bits per heavy atom. The van der Waals surface area contributed by atoms with Crippen molar-refractivity contribution in [2.45, 2.75) is 70.2 Å². The van der Waals surface area contributed by atoms with Gasteiger partial charge in [-0.15, -0.1) is 0 Å². The van der Waals surface area contributed by atoms with Crippen LogP contribution in [0.5, 0.6) is 5.75 Å². The van der Waals surface area contributed by atoms with Crippen LogP contribution in [0.3, 0.4) is 0 Å². The average Bonchev–Trinajstić information content (AvgIpc) is 3.23. The molecule has 184 valence electrons. The Morgan fingerprint density at radius 2 is 2.14 bits per heavy atom. The summed E-state index contributed by atoms with van der Waals surface area (Å²) in [6.45, 7) is 6.97. The molecule has 1 unspecified atom stereocenters. The van der Waals surface area contributed by atoms with Crippen LogP contribution < -0.4 is 9.64 Å². The van der Waals surface area contributed by atoms with Gasteiger partial charge >= 0.3 is 6.09 Å². The highest BCUT2D eigenvalue weighted by molar-refractivity contribution is 7.19. The Kier molecular flexibility index (Phi) is 5.11. The van der Waals surface area contributed by atoms with E-state index in [1.165, 1.54) is 4.88 Å². The number of anilines is 1. The van der Waals surface area contributed by atoms with E-state index in [1.807, 2.05) is 38.1 Å². The highest BCUT2D eigenvalue weighted by atomic mass is 32.1. The SMILES string of the molecule is CN(c1nc2c(s1)-c1ccc(-c3cn[nH]c3)cc1OC2)C1CCN(C(=O)OC(C)(C)C)C2(CC2)C1. The van der Waals surface area contributed by atoms with Crippen molar-refractivity contribution in [1.82, 2.24) is 20.1 Å². The molecule has 1 amide bonds. The molecule has 6 rings (SSSR count). The van der Waals surface area contributed by atoms with Crippen molar-refractivity contribution < 1.29 is 14.3 Å². The Morgan fingerprint density at radius 3 is 2.86 bits per heavy atom. The number of carbonyl (C=O) groups is 1. The molecule has 2 aromatic heterocycles. The van der Waals surface area contributed by atoms with Gasteiger partial charge in [0.15, 0.2) is 5.13 Å². The molecule has 8 nitrogen and oxygen atoms in total. The molecule has 1 atom stereocenters. The second-order valence-corrected chi connectivity index (χ2v) is 11.9. The van der Waals surface area contributed by atoms with Crippen LogP contribution in [0.25, 0.3) is 21.6 Å². The maximum atomic E-state index is 12.8. The third-order valence-corrected chi connectivity index (χ3v) is 8.49. The number of fused-ring (bicyclic) bond motifs is 3. The van der Waals surface area contributed by atoms with Crippen molar-refractivity contribution >= 4 is 22.6 Å². The van der Waals surface area contributed by atoms with Gasteiger partial charge in [-0.3, -0.25) is 5.10 Å². The summed E-state index contributed by atoms with van der Waals surface area (Å²) in [7, 11) is 2.14. The summed E-state index contributed by atoms with van der Waals surface area (Å²) in [6, 6.07) is 6.65. The minimum atomic E-state index is -0.474. The quantitative estimate of drug-likeness (QED) is 0.522. The zero-order chi connectivity index (χ0) is 24.4. The highest BCUT2D eigenvalue weighted by Gasteiger charge is 2.55. The first-order valence-corrected chi connectivity index (χ1v) is 13.0. The van der Waals surface area contributed by atoms with E-state index in [-0.39, 0.29) is 11.6 Å². The van der Waals surface area contributed by atoms with Crippen LogP contribution >= 0.6 is 11.3 Å². The predicted octanol–water partition coefficient (Wildman–Crippen LogP) is 5.46. The number of benzene rings is 1. The van der Waals surface area contributed by atoms with E-state index in [1.54, 1.807) is 11.3 Å². The molecule has 0 bridgehead atoms. The molecule has 2 aliphatic heterocycles. The fourth-order valence-corrected chi connectivity index (χ4v) is 6.37. The lowest BCUT2D eigenvalue weighted by Crippen LogP contribution is -2.54. The lowest BCUT2D eigenvalue weighted by Gasteiger charge is -2.43. The summed E-state index contributed by atoms with van der Waals surface area (Å²) in [5, 5.41) is 7.93. The first-order chi connectivity index (χ1) is 16.7. The second kappa shape index (κ2) is 7.98. The van der Waals surface area contributed by atoms with Crippen molar-refractivity contribution in [3.05, 3.63) is 36.3 Å². The zero-order valence-corrected chi connectivity index (χ0v) is 21.4. The summed E-state index contributed by atoms with van der Waals surface area (Å²) in [5.74, 6) is 0.886. The Labute approximate surface area is 209 Å². The number of nitrogens with zero attached hydrogens (tertiary/aromatic N) is 4. The standard InChI is InChI=1S/C26H31N5O3S/c1-25(2,3)34-24(32)31-10-7-18(12-26(31)8-9-26)30(4)23-29-20-15-33-21-11-16(17-13-27-28-14-17)5-6-19(21)22(20)35-23/h5-6,11,13-14,18H,7-10,12,15H2,1-4H3,(H,27,28). The number of nitrogens with one attached hydrogen (secondary N) is 1. The largest absolute Gasteiger partial charge is 0.487 e. The van der Waals surface area contributed by atoms with E-state index in [0.717, 1.165) is 65.5 Å². The zero-order valence-electron chi connectivity index (χ0n) is 20.6. The van der Waals surface area contributed by atoms with E-state index in [4.69, 9.17) is 14.5 Å². The molecule has 9 heteroatoms. The Hall–Kier alpha value is -3.07. The van der Waals surface area contributed by atoms with Crippen molar-refractivity contribution in [3.63, 3.8) is 0 Å². The first kappa shape index (κ1) is 22.4. The van der Waals surface area contributed by atoms with Crippen LogP contribution in [0, 0.1) is 0 Å². The van der Waals surface area contributed by atoms with Gasteiger partial charge in [-0.05, 0) is 64.2 Å². The molecule has 1 saturated carbocycles. The molecule has 4 heterocycles. The fourth-order valence-electron chi connectivity index (χ4n) is 5.24. The number of aromatic nitrogens is 3. The van der Waals surface area contributed by atoms with Gasteiger partial charge in [0.1, 0.15) is 18.0 Å². The van der Waals surface area contributed by atoms with Gasteiger partial charge in [-0.25, -0.2) is 9.78 Å². The molecular formula is C26H31N5O3S. The van der Waals surface area contributed by atoms with E-state index in [2.05, 4.69) is 40.3 Å². The molecule has 1 aliphatic carbocycles. The second-order valence-electron chi connectivity index (χ2n) is 10.9. The highest BCUT2D eigenvalue weighted by Crippen LogP contribution is 2.51. The molecule has 3 aromatic rings. The van der Waals surface area contributed by atoms with Crippen molar-refractivity contribution in [2.75, 3.05) is 18.5 Å². The number of thiazole rings is 1. The summed E-state index contributed by atoms with van der Waals surface area (Å²) in [4.78, 5) is 23.3. The van der Waals surface area contributed by atoms with Crippen LogP contribution in [0.1, 0.15) is 52.1 Å². The normalized spacial score (nSPS) is 20.1. The average molecular weight is 494 g/mol. The van der Waals surface area contributed by atoms with Crippen LogP contribution in [0.15, 0.2) is 30.6 Å². The van der Waals surface area contributed by atoms with Gasteiger partial charge in [-0.2, -0.15) is 5.10 Å². The van der Waals surface area contributed by atoms with Gasteiger partial charge in [0.2, 0.25) is 0 Å². The number of rotatable bonds is 3. The van der Waals surface area contributed by atoms with Crippen molar-refractivity contribution in [2.24, 2.45) is 0 Å². The first-order valence-electron chi connectivity index (χ1n) is 12.2. The third kappa shape index (κ3) is 4.05. The van der Waals surface area contributed by atoms with Gasteiger partial charge in [0.25, 0.3) is 0 Å². The number of aromatic amines is 1. The number of carbonyl (C=O) groups excluding carboxylic acids is 1. The van der Waals surface area contributed by atoms with Crippen LogP contribution in [0.4, 0.5) is 9.93 Å². The lowest BCUT2D eigenvalue weighted by atomic mass is 9.94. The van der Waals surface area contributed by atoms with E-state index >= 15 is 0 Å². The van der Waals surface area contributed by atoms with Crippen LogP contribution in [0.2, 0.25) is 0 Å². The third-order valence-electron chi connectivity index (χ3n) is 7.27. The smallest absolute Gasteiger partial charge is 0.410 e. The number of piperidine rings is 1. The molecular weight excluding hydrogens is 462 g/mol. The minimum Gasteiger partial charge on any atom is -0.487 e. The van der Waals surface area contributed by atoms with Crippen molar-refractivity contribution in [3.8, 4) is 27.3 Å². The van der Waals surface area contributed by atoms with Gasteiger partial charge in [0, 0.05) is 42.5 Å². The maximum Gasteiger partial charge on any atom is 0.410 e. The molecule has 35 heavy (non-hydrogen) atoms. The van der Waals surface area contributed by atoms with Crippen LogP contribution in [-0.4, -0.2) is 56.9 Å². The topological polar surface area (TPSA) is 83.6 Å². The number of hydrogen-bond acceptors (Lipinski definition) is 7. The molecule has 1 N–H and O–H groups in total. The fraction of sp³-hybridized carbons (Fsp3) is 0.500. The molecule has 2 fully saturated rings. The number of hydrogen-bond donors (Lipinski definition) is 1. The molecule has 1 spiro atoms. The monoisotopic (exact) mass is 493 g/mol. The summed E-state index contributed by atoms with van der Waals surface area (Å²) in [6.07, 6.45) is 7.48. The number of ether oxygens (including phenoxy) is 2. The van der Waals surface area contributed by atoms with E-state index in [9.17, 15) is 4.79 Å². The minimum absolute atomic E-state index is 0.0599. The van der Waals surface area contributed by atoms with Gasteiger partial charge in [-0.1, -0.05) is 17.4 Å². The Balaban J connectivity index is 1.20. The van der Waals surface area contributed by atoms with Crippen LogP contribution in [-0.2, 0) is 11.3 Å². The summed E-state index contributed by atoms with van der Waals surface area (Å²) in [5.41, 5.74) is 3.67. The summed E-state index contributed by atoms with van der Waals surface area (Å²) < 4.78 is 11.8. The number of amides is 1. The van der Waals surface area contributed by atoms with Gasteiger partial charge in [0.05, 0.1) is 16.8 Å².